The first-order valence-electron chi connectivity index (χ1n) is 3.54. The molecule has 0 fully saturated rings. The van der Waals surface area contributed by atoms with Crippen LogP contribution in [0.5, 0.6) is 0 Å². The Balaban J connectivity index is 4.36. The summed E-state index contributed by atoms with van der Waals surface area (Å²) < 4.78 is 33.6. The van der Waals surface area contributed by atoms with Gasteiger partial charge in [0.05, 0.1) is 6.61 Å². The fourth-order valence-corrected chi connectivity index (χ4v) is 0.557. The van der Waals surface area contributed by atoms with E-state index in [1.807, 2.05) is 0 Å². The van der Waals surface area contributed by atoms with Crippen LogP contribution in [0.15, 0.2) is 0 Å². The number of carbonyl (C=O) groups is 2. The van der Waals surface area contributed by atoms with E-state index in [4.69, 9.17) is 0 Å². The zero-order valence-corrected chi connectivity index (χ0v) is 7.30. The molecule has 13 heavy (non-hydrogen) atoms. The van der Waals surface area contributed by atoms with Gasteiger partial charge < -0.3 is 9.47 Å². The van der Waals surface area contributed by atoms with Gasteiger partial charge in [-0.15, -0.1) is 0 Å². The molecule has 0 aromatic rings. The summed E-state index contributed by atoms with van der Waals surface area (Å²) in [6.45, 7) is 0.356. The number of hydrogen-bond acceptors (Lipinski definition) is 4. The van der Waals surface area contributed by atoms with Crippen LogP contribution in [-0.2, 0) is 19.1 Å². The third-order valence-electron chi connectivity index (χ3n) is 1.16. The Hall–Kier alpha value is -1.04. The van der Waals surface area contributed by atoms with Crippen molar-refractivity contribution in [2.24, 2.45) is 0 Å². The minimum absolute atomic E-state index is 0.200. The highest BCUT2D eigenvalue weighted by Crippen LogP contribution is 2.16. The number of alkyl halides is 2. The Morgan fingerprint density at radius 1 is 1.38 bits per heavy atom. The minimum Gasteiger partial charge on any atom is -0.461 e. The molecule has 0 radical (unpaired) electrons. The van der Waals surface area contributed by atoms with Crippen molar-refractivity contribution in [1.82, 2.24) is 0 Å². The second-order valence-electron chi connectivity index (χ2n) is 2.15. The van der Waals surface area contributed by atoms with E-state index in [1.165, 1.54) is 6.92 Å². The normalized spacial score (nSPS) is 11.1. The van der Waals surface area contributed by atoms with E-state index in [2.05, 4.69) is 9.47 Å². The van der Waals surface area contributed by atoms with E-state index in [1.54, 1.807) is 0 Å². The van der Waals surface area contributed by atoms with Gasteiger partial charge in [-0.2, -0.15) is 8.78 Å². The Kier molecular flexibility index (Phi) is 4.47. The molecule has 0 spiro atoms. The predicted molar refractivity (Wildman–Crippen MR) is 38.5 cm³/mol. The van der Waals surface area contributed by atoms with Gasteiger partial charge in [0.25, 0.3) is 0 Å². The highest BCUT2D eigenvalue weighted by Gasteiger charge is 2.48. The average Bonchev–Trinajstić information content (AvgIpc) is 2.05. The second-order valence-corrected chi connectivity index (χ2v) is 2.15. The number of methoxy groups -OCH3 is 1. The van der Waals surface area contributed by atoms with Gasteiger partial charge in [0.15, 0.2) is 0 Å². The molecule has 0 saturated carbocycles. The van der Waals surface area contributed by atoms with Crippen molar-refractivity contribution in [3.8, 4) is 0 Å². The molecule has 4 nitrogen and oxygen atoms in total. The first-order chi connectivity index (χ1) is 5.96. The van der Waals surface area contributed by atoms with Crippen LogP contribution in [-0.4, -0.2) is 38.0 Å². The summed E-state index contributed by atoms with van der Waals surface area (Å²) >= 11 is 0. The molecule has 0 amide bonds. The van der Waals surface area contributed by atoms with Gasteiger partial charge in [-0.3, -0.25) is 4.79 Å². The van der Waals surface area contributed by atoms with E-state index in [0.29, 0.717) is 0 Å². The molecule has 0 bridgehead atoms. The van der Waals surface area contributed by atoms with Crippen LogP contribution < -0.4 is 0 Å². The molecule has 0 atom stereocenters. The molecule has 0 unspecified atom stereocenters. The van der Waals surface area contributed by atoms with Gasteiger partial charge in [-0.05, 0) is 6.92 Å². The number of rotatable bonds is 5. The number of Topliss-reactive ketones (excluding diaryl/α,β-unsaturated/α-hetero) is 1. The third kappa shape index (κ3) is 3.06. The van der Waals surface area contributed by atoms with Crippen LogP contribution in [0.3, 0.4) is 0 Å². The predicted octanol–water partition coefficient (Wildman–Crippen LogP) is 0.400. The van der Waals surface area contributed by atoms with Gasteiger partial charge in [0, 0.05) is 7.11 Å². The van der Waals surface area contributed by atoms with Gasteiger partial charge in [0.2, 0.25) is 5.78 Å². The summed E-state index contributed by atoms with van der Waals surface area (Å²) in [5.74, 6) is -7.54. The number of halogens is 2. The average molecular weight is 196 g/mol. The Morgan fingerprint density at radius 3 is 2.31 bits per heavy atom. The molecule has 76 valence electrons. The second kappa shape index (κ2) is 4.86. The smallest absolute Gasteiger partial charge is 0.402 e. The maximum Gasteiger partial charge on any atom is 0.402 e. The van der Waals surface area contributed by atoms with Gasteiger partial charge in [0.1, 0.15) is 6.61 Å². The standard InChI is InChI=1S/C7H10F2O4/c1-3-13-6(11)7(8,9)5(10)4-12-2/h3-4H2,1-2H3. The Labute approximate surface area is 73.8 Å². The van der Waals surface area contributed by atoms with Crippen LogP contribution in [0.25, 0.3) is 0 Å². The number of hydrogen-bond donors (Lipinski definition) is 0. The molecular formula is C7H10F2O4. The number of carbonyl (C=O) groups excluding carboxylic acids is 2. The lowest BCUT2D eigenvalue weighted by Crippen LogP contribution is -2.41. The van der Waals surface area contributed by atoms with Crippen LogP contribution in [0.4, 0.5) is 8.78 Å². The fourth-order valence-electron chi connectivity index (χ4n) is 0.557. The molecule has 0 aromatic carbocycles. The number of ketones is 1. The lowest BCUT2D eigenvalue weighted by atomic mass is 10.2. The van der Waals surface area contributed by atoms with Crippen LogP contribution in [0.2, 0.25) is 0 Å². The molecule has 0 N–H and O–H groups in total. The highest BCUT2D eigenvalue weighted by molar-refractivity contribution is 6.05. The molecule has 0 aliphatic carbocycles. The number of ether oxygens (including phenoxy) is 2. The van der Waals surface area contributed by atoms with Crippen molar-refractivity contribution in [3.63, 3.8) is 0 Å². The van der Waals surface area contributed by atoms with Crippen LogP contribution >= 0.6 is 0 Å². The Bertz CT molecular complexity index is 183. The van der Waals surface area contributed by atoms with Crippen molar-refractivity contribution in [2.75, 3.05) is 20.3 Å². The maximum absolute atomic E-state index is 12.7. The summed E-state index contributed by atoms with van der Waals surface area (Å²) in [6, 6.07) is 0. The zero-order valence-electron chi connectivity index (χ0n) is 7.30. The van der Waals surface area contributed by atoms with Crippen molar-refractivity contribution in [2.45, 2.75) is 12.8 Å². The van der Waals surface area contributed by atoms with Crippen LogP contribution in [0, 0.1) is 0 Å². The monoisotopic (exact) mass is 196 g/mol. The summed E-state index contributed by atoms with van der Waals surface area (Å²) in [5, 5.41) is 0. The molecule has 0 saturated heterocycles. The molecule has 0 aromatic heterocycles. The van der Waals surface area contributed by atoms with E-state index >= 15 is 0 Å². The quantitative estimate of drug-likeness (QED) is 0.471. The van der Waals surface area contributed by atoms with E-state index in [0.717, 1.165) is 7.11 Å². The largest absolute Gasteiger partial charge is 0.461 e. The summed E-state index contributed by atoms with van der Waals surface area (Å²) in [6.07, 6.45) is 0. The number of esters is 1. The molecule has 0 aliphatic rings. The summed E-state index contributed by atoms with van der Waals surface area (Å²) in [7, 11) is 1.08. The fraction of sp³-hybridized carbons (Fsp3) is 0.714. The van der Waals surface area contributed by atoms with Gasteiger partial charge in [-0.25, -0.2) is 4.79 Å². The van der Waals surface area contributed by atoms with Crippen molar-refractivity contribution in [3.05, 3.63) is 0 Å². The molecular weight excluding hydrogens is 186 g/mol. The van der Waals surface area contributed by atoms with Gasteiger partial charge >= 0.3 is 11.9 Å². The first kappa shape index (κ1) is 12.0. The molecule has 6 heteroatoms. The first-order valence-corrected chi connectivity index (χ1v) is 3.54. The topological polar surface area (TPSA) is 52.6 Å². The maximum atomic E-state index is 12.7. The van der Waals surface area contributed by atoms with Gasteiger partial charge in [-0.1, -0.05) is 0 Å². The summed E-state index contributed by atoms with van der Waals surface area (Å²) in [5.41, 5.74) is 0. The van der Waals surface area contributed by atoms with E-state index in [-0.39, 0.29) is 6.61 Å². The SMILES string of the molecule is CCOC(=O)C(F)(F)C(=O)COC. The summed E-state index contributed by atoms with van der Waals surface area (Å²) in [4.78, 5) is 21.1. The van der Waals surface area contributed by atoms with Crippen molar-refractivity contribution >= 4 is 11.8 Å². The lowest BCUT2D eigenvalue weighted by molar-refractivity contribution is -0.177. The molecule has 0 aliphatic heterocycles. The van der Waals surface area contributed by atoms with Crippen LogP contribution in [0.1, 0.15) is 6.92 Å². The van der Waals surface area contributed by atoms with E-state index in [9.17, 15) is 18.4 Å². The highest BCUT2D eigenvalue weighted by atomic mass is 19.3. The van der Waals surface area contributed by atoms with E-state index < -0.39 is 24.3 Å². The lowest BCUT2D eigenvalue weighted by Gasteiger charge is -2.12. The molecule has 0 heterocycles. The minimum atomic E-state index is -4.11. The van der Waals surface area contributed by atoms with Crippen molar-refractivity contribution < 1.29 is 27.8 Å². The molecule has 0 rings (SSSR count). The van der Waals surface area contributed by atoms with Crippen molar-refractivity contribution in [1.29, 1.82) is 0 Å². The third-order valence-corrected chi connectivity index (χ3v) is 1.16. The zero-order chi connectivity index (χ0) is 10.5. The Morgan fingerprint density at radius 2 is 1.92 bits per heavy atom.